The van der Waals surface area contributed by atoms with Gasteiger partial charge >= 0.3 is 5.97 Å². The van der Waals surface area contributed by atoms with Crippen LogP contribution in [0.15, 0.2) is 41.0 Å². The fourth-order valence-electron chi connectivity index (χ4n) is 1.89. The highest BCUT2D eigenvalue weighted by molar-refractivity contribution is 5.97. The second kappa shape index (κ2) is 8.24. The summed E-state index contributed by atoms with van der Waals surface area (Å²) in [5.41, 5.74) is -0.251. The van der Waals surface area contributed by atoms with E-state index in [0.717, 1.165) is 12.1 Å². The molecule has 0 bridgehead atoms. The van der Waals surface area contributed by atoms with E-state index in [1.54, 1.807) is 0 Å². The Morgan fingerprint density at radius 2 is 1.88 bits per heavy atom. The number of hydrogen-bond acceptors (Lipinski definition) is 5. The fraction of sp³-hybridized carbons (Fsp3) is 0.235. The van der Waals surface area contributed by atoms with E-state index >= 15 is 0 Å². The van der Waals surface area contributed by atoms with Crippen LogP contribution in [0, 0.1) is 11.6 Å². The Kier molecular flexibility index (Phi) is 6.05. The summed E-state index contributed by atoms with van der Waals surface area (Å²) in [6.45, 7) is 2.64. The molecular formula is C17H16F2N2O5. The first-order valence-corrected chi connectivity index (χ1v) is 7.58. The second-order valence-electron chi connectivity index (χ2n) is 5.36. The third-order valence-electron chi connectivity index (χ3n) is 3.30. The van der Waals surface area contributed by atoms with Gasteiger partial charge in [0.2, 0.25) is 0 Å². The van der Waals surface area contributed by atoms with Crippen molar-refractivity contribution in [1.29, 1.82) is 0 Å². The molecule has 0 saturated carbocycles. The average molecular weight is 366 g/mol. The van der Waals surface area contributed by atoms with E-state index in [0.29, 0.717) is 6.07 Å². The summed E-state index contributed by atoms with van der Waals surface area (Å²) in [6, 6.07) is 4.51. The molecular weight excluding hydrogens is 350 g/mol. The van der Waals surface area contributed by atoms with Crippen molar-refractivity contribution >= 4 is 23.5 Å². The maximum Gasteiger partial charge on any atom is 0.329 e. The quantitative estimate of drug-likeness (QED) is 0.764. The third-order valence-corrected chi connectivity index (χ3v) is 3.30. The first kappa shape index (κ1) is 19.1. The van der Waals surface area contributed by atoms with Gasteiger partial charge in [0.05, 0.1) is 12.0 Å². The van der Waals surface area contributed by atoms with E-state index in [1.807, 2.05) is 0 Å². The number of halogens is 2. The zero-order valence-corrected chi connectivity index (χ0v) is 13.9. The van der Waals surface area contributed by atoms with Gasteiger partial charge in [-0.05, 0) is 38.1 Å². The minimum absolute atomic E-state index is 0.0160. The molecule has 0 aliphatic heterocycles. The predicted molar refractivity (Wildman–Crippen MR) is 86.2 cm³/mol. The maximum atomic E-state index is 13.5. The zero-order valence-electron chi connectivity index (χ0n) is 13.9. The van der Waals surface area contributed by atoms with Crippen molar-refractivity contribution < 1.29 is 32.3 Å². The highest BCUT2D eigenvalue weighted by Crippen LogP contribution is 2.15. The van der Waals surface area contributed by atoms with Gasteiger partial charge in [-0.15, -0.1) is 0 Å². The molecule has 1 aromatic carbocycles. The molecule has 2 rings (SSSR count). The van der Waals surface area contributed by atoms with Gasteiger partial charge in [0.15, 0.2) is 11.9 Å². The van der Waals surface area contributed by atoms with Crippen LogP contribution in [0.25, 0.3) is 0 Å². The number of amides is 2. The number of carbonyl (C=O) groups is 3. The molecule has 0 spiro atoms. The summed E-state index contributed by atoms with van der Waals surface area (Å²) in [4.78, 5) is 35.7. The van der Waals surface area contributed by atoms with E-state index in [2.05, 4.69) is 10.6 Å². The lowest BCUT2D eigenvalue weighted by Crippen LogP contribution is -2.42. The average Bonchev–Trinajstić information content (AvgIpc) is 3.11. The molecule has 26 heavy (non-hydrogen) atoms. The summed E-state index contributed by atoms with van der Waals surface area (Å²) in [7, 11) is 0. The van der Waals surface area contributed by atoms with E-state index in [4.69, 9.17) is 9.15 Å². The lowest BCUT2D eigenvalue weighted by atomic mass is 10.2. The number of nitrogens with one attached hydrogen (secondary N) is 2. The number of rotatable bonds is 6. The first-order chi connectivity index (χ1) is 12.3. The third kappa shape index (κ3) is 4.88. The molecule has 1 heterocycles. The topological polar surface area (TPSA) is 97.6 Å². The van der Waals surface area contributed by atoms with E-state index in [-0.39, 0.29) is 11.4 Å². The van der Waals surface area contributed by atoms with E-state index in [1.165, 1.54) is 32.2 Å². The van der Waals surface area contributed by atoms with Crippen molar-refractivity contribution in [3.8, 4) is 0 Å². The van der Waals surface area contributed by atoms with Crippen molar-refractivity contribution in [3.05, 3.63) is 54.0 Å². The number of esters is 1. The van der Waals surface area contributed by atoms with E-state index < -0.39 is 41.6 Å². The Morgan fingerprint density at radius 3 is 2.50 bits per heavy atom. The predicted octanol–water partition coefficient (Wildman–Crippen LogP) is 2.25. The maximum absolute atomic E-state index is 13.5. The molecule has 2 N–H and O–H groups in total. The van der Waals surface area contributed by atoms with Crippen LogP contribution < -0.4 is 10.6 Å². The molecule has 1 aromatic heterocycles. The van der Waals surface area contributed by atoms with Crippen LogP contribution in [0.4, 0.5) is 14.5 Å². The molecule has 9 heteroatoms. The zero-order chi connectivity index (χ0) is 19.3. The molecule has 2 amide bonds. The molecule has 0 aliphatic carbocycles. The number of furan rings is 1. The van der Waals surface area contributed by atoms with Crippen LogP contribution >= 0.6 is 0 Å². The summed E-state index contributed by atoms with van der Waals surface area (Å²) in [5.74, 6) is -4.04. The van der Waals surface area contributed by atoms with Crippen molar-refractivity contribution in [2.45, 2.75) is 26.0 Å². The summed E-state index contributed by atoms with van der Waals surface area (Å²) < 4.78 is 36.2. The van der Waals surface area contributed by atoms with Gasteiger partial charge in [-0.25, -0.2) is 13.6 Å². The lowest BCUT2D eigenvalue weighted by molar-refractivity contribution is -0.154. The molecule has 2 atom stereocenters. The van der Waals surface area contributed by atoms with Gasteiger partial charge in [-0.3, -0.25) is 9.59 Å². The Balaban J connectivity index is 1.88. The van der Waals surface area contributed by atoms with E-state index in [9.17, 15) is 23.2 Å². The van der Waals surface area contributed by atoms with Gasteiger partial charge < -0.3 is 19.8 Å². The van der Waals surface area contributed by atoms with Gasteiger partial charge in [-0.2, -0.15) is 0 Å². The molecule has 0 radical (unpaired) electrons. The summed E-state index contributed by atoms with van der Waals surface area (Å²) >= 11 is 0. The Labute approximate surface area is 147 Å². The van der Waals surface area contributed by atoms with Crippen LogP contribution in [-0.2, 0) is 14.3 Å². The van der Waals surface area contributed by atoms with Gasteiger partial charge in [0.25, 0.3) is 11.8 Å². The smallest absolute Gasteiger partial charge is 0.329 e. The van der Waals surface area contributed by atoms with Crippen LogP contribution in [0.2, 0.25) is 0 Å². The standard InChI is InChI=1S/C17H16F2N2O5/c1-9(20-16(23)14-4-3-7-25-14)17(24)26-10(2)15(22)21-13-6-5-11(18)8-12(13)19/h3-10H,1-2H3,(H,20,23)(H,21,22)/t9-,10-/m0/s1. The second-order valence-corrected chi connectivity index (χ2v) is 5.36. The normalized spacial score (nSPS) is 12.8. The molecule has 7 nitrogen and oxygen atoms in total. The molecule has 0 fully saturated rings. The number of anilines is 1. The van der Waals surface area contributed by atoms with Crippen molar-refractivity contribution in [3.63, 3.8) is 0 Å². The van der Waals surface area contributed by atoms with Crippen molar-refractivity contribution in [2.75, 3.05) is 5.32 Å². The van der Waals surface area contributed by atoms with Crippen molar-refractivity contribution in [1.82, 2.24) is 5.32 Å². The summed E-state index contributed by atoms with van der Waals surface area (Å²) in [5, 5.41) is 4.54. The Hall–Kier alpha value is -3.23. The number of benzene rings is 1. The van der Waals surface area contributed by atoms with Gasteiger partial charge in [0, 0.05) is 6.07 Å². The molecule has 138 valence electrons. The molecule has 0 saturated heterocycles. The fourth-order valence-corrected chi connectivity index (χ4v) is 1.89. The molecule has 0 aliphatic rings. The van der Waals surface area contributed by atoms with Gasteiger partial charge in [0.1, 0.15) is 17.7 Å². The number of ether oxygens (including phenoxy) is 1. The van der Waals surface area contributed by atoms with Gasteiger partial charge in [-0.1, -0.05) is 0 Å². The highest BCUT2D eigenvalue weighted by Gasteiger charge is 2.24. The minimum Gasteiger partial charge on any atom is -0.459 e. The summed E-state index contributed by atoms with van der Waals surface area (Å²) in [6.07, 6.45) is 0.0359. The number of carbonyl (C=O) groups excluding carboxylic acids is 3. The number of hydrogen-bond donors (Lipinski definition) is 2. The molecule has 2 aromatic rings. The SMILES string of the molecule is C[C@H](NC(=O)c1ccco1)C(=O)O[C@@H](C)C(=O)Nc1ccc(F)cc1F. The Bertz CT molecular complexity index is 807. The van der Waals surface area contributed by atoms with Crippen LogP contribution in [0.1, 0.15) is 24.4 Å². The van der Waals surface area contributed by atoms with Crippen LogP contribution in [0.5, 0.6) is 0 Å². The first-order valence-electron chi connectivity index (χ1n) is 7.58. The van der Waals surface area contributed by atoms with Crippen LogP contribution in [-0.4, -0.2) is 29.9 Å². The Morgan fingerprint density at radius 1 is 1.15 bits per heavy atom. The highest BCUT2D eigenvalue weighted by atomic mass is 19.1. The monoisotopic (exact) mass is 366 g/mol. The molecule has 0 unspecified atom stereocenters. The largest absolute Gasteiger partial charge is 0.459 e. The minimum atomic E-state index is -1.27. The van der Waals surface area contributed by atoms with Crippen molar-refractivity contribution in [2.24, 2.45) is 0 Å². The van der Waals surface area contributed by atoms with Crippen LogP contribution in [0.3, 0.4) is 0 Å². The lowest BCUT2D eigenvalue weighted by Gasteiger charge is -2.17.